The summed E-state index contributed by atoms with van der Waals surface area (Å²) < 4.78 is 0. The van der Waals surface area contributed by atoms with Crippen LogP contribution in [0.25, 0.3) is 0 Å². The van der Waals surface area contributed by atoms with Gasteiger partial charge in [-0.1, -0.05) is 6.92 Å². The second kappa shape index (κ2) is 5.65. The molecule has 1 aromatic heterocycles. The molecule has 0 aliphatic heterocycles. The number of carbonyl (C=O) groups excluding carboxylic acids is 1. The van der Waals surface area contributed by atoms with Gasteiger partial charge in [-0.3, -0.25) is 4.79 Å². The number of carbonyl (C=O) groups is 1. The van der Waals surface area contributed by atoms with Gasteiger partial charge in [-0.2, -0.15) is 0 Å². The largest absolute Gasteiger partial charge is 0.396 e. The molecule has 2 rings (SSSR count). The second-order valence-corrected chi connectivity index (χ2v) is 5.78. The van der Waals surface area contributed by atoms with Crippen molar-refractivity contribution in [1.29, 1.82) is 0 Å². The van der Waals surface area contributed by atoms with Crippen molar-refractivity contribution in [2.75, 3.05) is 13.2 Å². The Kier molecular flexibility index (Phi) is 4.18. The molecule has 1 aliphatic rings. The van der Waals surface area contributed by atoms with Gasteiger partial charge in [-0.15, -0.1) is 11.3 Å². The van der Waals surface area contributed by atoms with Crippen LogP contribution in [0.2, 0.25) is 0 Å². The van der Waals surface area contributed by atoms with Gasteiger partial charge in [0.15, 0.2) is 0 Å². The smallest absolute Gasteiger partial charge is 0.227 e. The van der Waals surface area contributed by atoms with Crippen LogP contribution >= 0.6 is 11.3 Å². The molecule has 1 heterocycles. The Labute approximate surface area is 106 Å². The lowest BCUT2D eigenvalue weighted by molar-refractivity contribution is -0.123. The molecule has 1 aromatic rings. The average Bonchev–Trinajstić information content (AvgIpc) is 2.83. The van der Waals surface area contributed by atoms with Crippen molar-refractivity contribution in [2.45, 2.75) is 32.1 Å². The van der Waals surface area contributed by atoms with E-state index < -0.39 is 0 Å². The summed E-state index contributed by atoms with van der Waals surface area (Å²) in [6.45, 7) is 2.61. The van der Waals surface area contributed by atoms with E-state index in [1.165, 1.54) is 10.4 Å². The number of aryl methyl sites for hydroxylation is 1. The van der Waals surface area contributed by atoms with Gasteiger partial charge in [-0.05, 0) is 42.2 Å². The first kappa shape index (κ1) is 12.6. The molecule has 4 heteroatoms. The highest BCUT2D eigenvalue weighted by Gasteiger charge is 2.27. The van der Waals surface area contributed by atoms with Crippen LogP contribution in [0, 0.1) is 5.92 Å². The minimum Gasteiger partial charge on any atom is -0.396 e. The lowest BCUT2D eigenvalue weighted by Gasteiger charge is -2.22. The molecule has 1 aliphatic carbocycles. The monoisotopic (exact) mass is 253 g/mol. The minimum atomic E-state index is 0.0240. The molecule has 0 saturated heterocycles. The summed E-state index contributed by atoms with van der Waals surface area (Å²) in [5, 5.41) is 13.9. The third kappa shape index (κ3) is 2.87. The maximum Gasteiger partial charge on any atom is 0.227 e. The van der Waals surface area contributed by atoms with Crippen LogP contribution in [0.5, 0.6) is 0 Å². The zero-order chi connectivity index (χ0) is 12.3. The molecule has 0 aromatic carbocycles. The molecule has 1 amide bonds. The topological polar surface area (TPSA) is 49.3 Å². The number of nitrogens with one attached hydrogen (secondary N) is 1. The van der Waals surface area contributed by atoms with Crippen molar-refractivity contribution in [2.24, 2.45) is 5.92 Å². The molecule has 0 radical (unpaired) electrons. The molecule has 2 unspecified atom stereocenters. The van der Waals surface area contributed by atoms with Crippen molar-refractivity contribution in [3.63, 3.8) is 0 Å². The van der Waals surface area contributed by atoms with Crippen molar-refractivity contribution >= 4 is 17.2 Å². The quantitative estimate of drug-likeness (QED) is 0.861. The maximum atomic E-state index is 12.1. The average molecular weight is 253 g/mol. The zero-order valence-electron chi connectivity index (χ0n) is 10.1. The molecule has 0 bridgehead atoms. The molecular weight excluding hydrogens is 234 g/mol. The number of amides is 1. The van der Waals surface area contributed by atoms with Crippen LogP contribution in [0.3, 0.4) is 0 Å². The van der Waals surface area contributed by atoms with E-state index in [1.54, 1.807) is 11.3 Å². The fraction of sp³-hybridized carbons (Fsp3) is 0.615. The summed E-state index contributed by atoms with van der Waals surface area (Å²) in [6.07, 6.45) is 3.16. The Morgan fingerprint density at radius 3 is 3.29 bits per heavy atom. The van der Waals surface area contributed by atoms with Crippen LogP contribution in [0.1, 0.15) is 36.1 Å². The molecule has 2 atom stereocenters. The Morgan fingerprint density at radius 2 is 2.53 bits per heavy atom. The van der Waals surface area contributed by atoms with Gasteiger partial charge in [0, 0.05) is 18.0 Å². The predicted molar refractivity (Wildman–Crippen MR) is 69.3 cm³/mol. The Morgan fingerprint density at radius 1 is 1.71 bits per heavy atom. The minimum absolute atomic E-state index is 0.0240. The Hall–Kier alpha value is -0.870. The summed E-state index contributed by atoms with van der Waals surface area (Å²) in [4.78, 5) is 13.5. The third-order valence-corrected chi connectivity index (χ3v) is 4.30. The van der Waals surface area contributed by atoms with E-state index >= 15 is 0 Å². The van der Waals surface area contributed by atoms with Crippen LogP contribution in [-0.2, 0) is 11.2 Å². The van der Waals surface area contributed by atoms with Crippen molar-refractivity contribution < 1.29 is 9.90 Å². The first-order valence-electron chi connectivity index (χ1n) is 6.17. The standard InChI is InChI=1S/C13H19NO2S/c1-9(8-15)7-14-13(16)11-3-2-4-12-10(11)5-6-17-12/h5-6,9,11,15H,2-4,7-8H2,1H3,(H,14,16). The first-order chi connectivity index (χ1) is 8.22. The number of fused-ring (bicyclic) bond motifs is 1. The van der Waals surface area contributed by atoms with E-state index in [9.17, 15) is 4.79 Å². The third-order valence-electron chi connectivity index (χ3n) is 3.30. The van der Waals surface area contributed by atoms with E-state index in [2.05, 4.69) is 16.8 Å². The number of rotatable bonds is 4. The molecule has 94 valence electrons. The number of aliphatic hydroxyl groups is 1. The molecule has 0 spiro atoms. The van der Waals surface area contributed by atoms with E-state index in [1.807, 2.05) is 6.92 Å². The molecular formula is C13H19NO2S. The van der Waals surface area contributed by atoms with E-state index in [4.69, 9.17) is 5.11 Å². The maximum absolute atomic E-state index is 12.1. The first-order valence-corrected chi connectivity index (χ1v) is 7.05. The highest BCUT2D eigenvalue weighted by atomic mass is 32.1. The number of thiophene rings is 1. The molecule has 3 nitrogen and oxygen atoms in total. The van der Waals surface area contributed by atoms with Crippen LogP contribution < -0.4 is 5.32 Å². The number of hydrogen-bond donors (Lipinski definition) is 2. The lowest BCUT2D eigenvalue weighted by atomic mass is 9.87. The highest BCUT2D eigenvalue weighted by Crippen LogP contribution is 2.34. The van der Waals surface area contributed by atoms with Gasteiger partial charge in [0.1, 0.15) is 0 Å². The van der Waals surface area contributed by atoms with Crippen molar-refractivity contribution in [1.82, 2.24) is 5.32 Å². The van der Waals surface area contributed by atoms with Crippen LogP contribution in [-0.4, -0.2) is 24.2 Å². The normalized spacial score (nSPS) is 20.7. The number of aliphatic hydroxyl groups excluding tert-OH is 1. The summed E-state index contributed by atoms with van der Waals surface area (Å²) in [5.74, 6) is 0.269. The van der Waals surface area contributed by atoms with Gasteiger partial charge in [-0.25, -0.2) is 0 Å². The van der Waals surface area contributed by atoms with E-state index in [-0.39, 0.29) is 24.3 Å². The zero-order valence-corrected chi connectivity index (χ0v) is 10.9. The summed E-state index contributed by atoms with van der Waals surface area (Å²) in [6, 6.07) is 2.08. The molecule has 2 N–H and O–H groups in total. The van der Waals surface area contributed by atoms with Crippen molar-refractivity contribution in [3.8, 4) is 0 Å². The summed E-state index contributed by atoms with van der Waals surface area (Å²) in [5.41, 5.74) is 1.22. The molecule has 0 fully saturated rings. The predicted octanol–water partition coefficient (Wildman–Crippen LogP) is 1.91. The summed E-state index contributed by atoms with van der Waals surface area (Å²) >= 11 is 1.76. The second-order valence-electron chi connectivity index (χ2n) is 4.78. The molecule has 0 saturated carbocycles. The van der Waals surface area contributed by atoms with Gasteiger partial charge in [0.05, 0.1) is 5.92 Å². The van der Waals surface area contributed by atoms with Crippen molar-refractivity contribution in [3.05, 3.63) is 21.9 Å². The van der Waals surface area contributed by atoms with Gasteiger partial charge < -0.3 is 10.4 Å². The van der Waals surface area contributed by atoms with E-state index in [0.29, 0.717) is 6.54 Å². The highest BCUT2D eigenvalue weighted by molar-refractivity contribution is 7.10. The lowest BCUT2D eigenvalue weighted by Crippen LogP contribution is -2.34. The van der Waals surface area contributed by atoms with Gasteiger partial charge in [0.2, 0.25) is 5.91 Å². The summed E-state index contributed by atoms with van der Waals surface area (Å²) in [7, 11) is 0. The van der Waals surface area contributed by atoms with Gasteiger partial charge >= 0.3 is 0 Å². The van der Waals surface area contributed by atoms with Crippen LogP contribution in [0.15, 0.2) is 11.4 Å². The van der Waals surface area contributed by atoms with Crippen LogP contribution in [0.4, 0.5) is 0 Å². The Balaban J connectivity index is 1.97. The Bertz CT molecular complexity index is 389. The number of hydrogen-bond acceptors (Lipinski definition) is 3. The van der Waals surface area contributed by atoms with E-state index in [0.717, 1.165) is 19.3 Å². The fourth-order valence-electron chi connectivity index (χ4n) is 2.22. The fourth-order valence-corrected chi connectivity index (χ4v) is 3.21. The SMILES string of the molecule is CC(CO)CNC(=O)C1CCCc2sccc21. The molecule has 17 heavy (non-hydrogen) atoms. The van der Waals surface area contributed by atoms with Gasteiger partial charge in [0.25, 0.3) is 0 Å².